The van der Waals surface area contributed by atoms with Crippen LogP contribution in [0.5, 0.6) is 5.75 Å². The molecule has 0 aliphatic rings. The Morgan fingerprint density at radius 2 is 1.73 bits per heavy atom. The van der Waals surface area contributed by atoms with Crippen LogP contribution in [-0.4, -0.2) is 35.0 Å². The lowest BCUT2D eigenvalue weighted by atomic mass is 10.1. The molecule has 2 aromatic rings. The molecular formula is C19H20N2O5. The molecule has 0 spiro atoms. The van der Waals surface area contributed by atoms with Gasteiger partial charge < -0.3 is 20.4 Å². The van der Waals surface area contributed by atoms with E-state index in [1.165, 1.54) is 23.1 Å². The summed E-state index contributed by atoms with van der Waals surface area (Å²) in [7, 11) is 1.68. The SMILES string of the molecule is CN(C(=O)CCCC(=O)Nc1ccc(O)c(C(=O)O)c1)c1ccccc1. The first-order chi connectivity index (χ1) is 12.4. The minimum absolute atomic E-state index is 0.0956. The highest BCUT2D eigenvalue weighted by molar-refractivity contribution is 5.96. The number of hydrogen-bond acceptors (Lipinski definition) is 4. The Bertz CT molecular complexity index is 805. The Hall–Kier alpha value is -3.35. The molecular weight excluding hydrogens is 336 g/mol. The van der Waals surface area contributed by atoms with Gasteiger partial charge in [-0.3, -0.25) is 9.59 Å². The van der Waals surface area contributed by atoms with Crippen LogP contribution in [0.15, 0.2) is 48.5 Å². The molecule has 7 nitrogen and oxygen atoms in total. The topological polar surface area (TPSA) is 107 Å². The number of para-hydroxylation sites is 1. The number of carboxylic acid groups (broad SMARTS) is 1. The number of amides is 2. The maximum Gasteiger partial charge on any atom is 0.339 e. The van der Waals surface area contributed by atoms with E-state index in [1.807, 2.05) is 30.3 Å². The average molecular weight is 356 g/mol. The number of benzene rings is 2. The van der Waals surface area contributed by atoms with Crippen LogP contribution in [0.3, 0.4) is 0 Å². The number of phenols is 1. The zero-order valence-corrected chi connectivity index (χ0v) is 14.3. The summed E-state index contributed by atoms with van der Waals surface area (Å²) in [5.74, 6) is -2.08. The number of aromatic hydroxyl groups is 1. The molecule has 0 radical (unpaired) electrons. The third-order valence-corrected chi connectivity index (χ3v) is 3.82. The molecule has 26 heavy (non-hydrogen) atoms. The maximum absolute atomic E-state index is 12.1. The lowest BCUT2D eigenvalue weighted by molar-refractivity contribution is -0.118. The molecule has 3 N–H and O–H groups in total. The zero-order valence-electron chi connectivity index (χ0n) is 14.3. The van der Waals surface area contributed by atoms with Gasteiger partial charge >= 0.3 is 5.97 Å². The second-order valence-corrected chi connectivity index (χ2v) is 5.73. The van der Waals surface area contributed by atoms with E-state index in [-0.39, 0.29) is 41.7 Å². The van der Waals surface area contributed by atoms with E-state index < -0.39 is 5.97 Å². The summed E-state index contributed by atoms with van der Waals surface area (Å²) < 4.78 is 0. The number of rotatable bonds is 7. The normalized spacial score (nSPS) is 10.2. The van der Waals surface area contributed by atoms with Crippen LogP contribution in [0.25, 0.3) is 0 Å². The standard InChI is InChI=1S/C19H20N2O5/c1-21(14-6-3-2-4-7-14)18(24)9-5-8-17(23)20-13-10-11-16(22)15(12-13)19(25)26/h2-4,6-7,10-12,22H,5,8-9H2,1H3,(H,20,23)(H,25,26). The minimum atomic E-state index is -1.28. The number of hydrogen-bond donors (Lipinski definition) is 3. The van der Waals surface area contributed by atoms with Gasteiger partial charge in [0.25, 0.3) is 0 Å². The van der Waals surface area contributed by atoms with Gasteiger partial charge in [-0.2, -0.15) is 0 Å². The van der Waals surface area contributed by atoms with Crippen molar-refractivity contribution in [1.82, 2.24) is 0 Å². The first-order valence-electron chi connectivity index (χ1n) is 8.06. The van der Waals surface area contributed by atoms with Crippen LogP contribution in [0, 0.1) is 0 Å². The quantitative estimate of drug-likeness (QED) is 0.661. The van der Waals surface area contributed by atoms with Gasteiger partial charge in [-0.25, -0.2) is 4.79 Å². The molecule has 0 aliphatic carbocycles. The number of anilines is 2. The molecule has 0 saturated heterocycles. The largest absolute Gasteiger partial charge is 0.507 e. The molecule has 0 unspecified atom stereocenters. The van der Waals surface area contributed by atoms with Gasteiger partial charge in [0.1, 0.15) is 11.3 Å². The first kappa shape index (κ1) is 19.0. The Kier molecular flexibility index (Phi) is 6.32. The average Bonchev–Trinajstić information content (AvgIpc) is 2.63. The van der Waals surface area contributed by atoms with Gasteiger partial charge in [-0.05, 0) is 36.8 Å². The molecule has 0 atom stereocenters. The van der Waals surface area contributed by atoms with E-state index in [1.54, 1.807) is 7.05 Å². The van der Waals surface area contributed by atoms with Gasteiger partial charge in [0.05, 0.1) is 0 Å². The van der Waals surface area contributed by atoms with Crippen molar-refractivity contribution in [1.29, 1.82) is 0 Å². The third-order valence-electron chi connectivity index (χ3n) is 3.82. The van der Waals surface area contributed by atoms with Crippen molar-refractivity contribution < 1.29 is 24.6 Å². The summed E-state index contributed by atoms with van der Waals surface area (Å²) in [5.41, 5.74) is 0.771. The van der Waals surface area contributed by atoms with Crippen LogP contribution in [0.2, 0.25) is 0 Å². The molecule has 2 amide bonds. The van der Waals surface area contributed by atoms with E-state index >= 15 is 0 Å². The Morgan fingerprint density at radius 1 is 1.04 bits per heavy atom. The highest BCUT2D eigenvalue weighted by atomic mass is 16.4. The number of carbonyl (C=O) groups excluding carboxylic acids is 2. The van der Waals surface area contributed by atoms with Crippen LogP contribution in [-0.2, 0) is 9.59 Å². The highest BCUT2D eigenvalue weighted by Gasteiger charge is 2.13. The molecule has 0 bridgehead atoms. The summed E-state index contributed by atoms with van der Waals surface area (Å²) >= 11 is 0. The van der Waals surface area contributed by atoms with E-state index in [0.29, 0.717) is 6.42 Å². The first-order valence-corrected chi connectivity index (χ1v) is 8.06. The predicted molar refractivity (Wildman–Crippen MR) is 97.4 cm³/mol. The second-order valence-electron chi connectivity index (χ2n) is 5.73. The van der Waals surface area contributed by atoms with Crippen molar-refractivity contribution in [2.24, 2.45) is 0 Å². The van der Waals surface area contributed by atoms with Gasteiger partial charge in [-0.1, -0.05) is 18.2 Å². The molecule has 2 aromatic carbocycles. The van der Waals surface area contributed by atoms with Gasteiger partial charge in [0.2, 0.25) is 11.8 Å². The lowest BCUT2D eigenvalue weighted by Gasteiger charge is -2.17. The lowest BCUT2D eigenvalue weighted by Crippen LogP contribution is -2.26. The zero-order chi connectivity index (χ0) is 19.1. The van der Waals surface area contributed by atoms with Crippen LogP contribution < -0.4 is 10.2 Å². The van der Waals surface area contributed by atoms with Crippen LogP contribution in [0.4, 0.5) is 11.4 Å². The number of nitrogens with one attached hydrogen (secondary N) is 1. The fraction of sp³-hybridized carbons (Fsp3) is 0.211. The molecule has 0 aromatic heterocycles. The molecule has 0 heterocycles. The second kappa shape index (κ2) is 8.66. The predicted octanol–water partition coefficient (Wildman–Crippen LogP) is 2.86. The molecule has 7 heteroatoms. The third kappa shape index (κ3) is 5.07. The monoisotopic (exact) mass is 356 g/mol. The summed E-state index contributed by atoms with van der Waals surface area (Å²) in [6.07, 6.45) is 0.706. The van der Waals surface area contributed by atoms with Gasteiger partial charge in [-0.15, -0.1) is 0 Å². The number of carbonyl (C=O) groups is 3. The van der Waals surface area contributed by atoms with Crippen molar-refractivity contribution in [2.75, 3.05) is 17.3 Å². The van der Waals surface area contributed by atoms with E-state index in [0.717, 1.165) is 5.69 Å². The van der Waals surface area contributed by atoms with E-state index in [2.05, 4.69) is 5.32 Å². The fourth-order valence-corrected chi connectivity index (χ4v) is 2.37. The number of aromatic carboxylic acids is 1. The van der Waals surface area contributed by atoms with Gasteiger partial charge in [0, 0.05) is 31.3 Å². The summed E-state index contributed by atoms with van der Waals surface area (Å²) in [6.45, 7) is 0. The van der Waals surface area contributed by atoms with Crippen molar-refractivity contribution in [3.8, 4) is 5.75 Å². The highest BCUT2D eigenvalue weighted by Crippen LogP contribution is 2.21. The van der Waals surface area contributed by atoms with Crippen molar-refractivity contribution in [3.05, 3.63) is 54.1 Å². The Morgan fingerprint density at radius 3 is 2.38 bits per heavy atom. The molecule has 0 saturated carbocycles. The Balaban J connectivity index is 1.83. The van der Waals surface area contributed by atoms with Gasteiger partial charge in [0.15, 0.2) is 0 Å². The van der Waals surface area contributed by atoms with Crippen molar-refractivity contribution in [3.63, 3.8) is 0 Å². The van der Waals surface area contributed by atoms with E-state index in [9.17, 15) is 19.5 Å². The minimum Gasteiger partial charge on any atom is -0.507 e. The van der Waals surface area contributed by atoms with Crippen LogP contribution in [0.1, 0.15) is 29.6 Å². The van der Waals surface area contributed by atoms with Crippen molar-refractivity contribution >= 4 is 29.2 Å². The molecule has 0 fully saturated rings. The Labute approximate surface area is 150 Å². The van der Waals surface area contributed by atoms with E-state index in [4.69, 9.17) is 5.11 Å². The summed E-state index contributed by atoms with van der Waals surface area (Å²) in [4.78, 5) is 36.6. The number of carboxylic acids is 1. The fourth-order valence-electron chi connectivity index (χ4n) is 2.37. The summed E-state index contributed by atoms with van der Waals surface area (Å²) in [6, 6.07) is 13.0. The van der Waals surface area contributed by atoms with Crippen molar-refractivity contribution in [2.45, 2.75) is 19.3 Å². The molecule has 136 valence electrons. The smallest absolute Gasteiger partial charge is 0.339 e. The van der Waals surface area contributed by atoms with Crippen LogP contribution >= 0.6 is 0 Å². The molecule has 2 rings (SSSR count). The number of nitrogens with zero attached hydrogens (tertiary/aromatic N) is 1. The molecule has 0 aliphatic heterocycles. The maximum atomic E-state index is 12.1. The summed E-state index contributed by atoms with van der Waals surface area (Å²) in [5, 5.41) is 21.0.